The van der Waals surface area contributed by atoms with E-state index in [1.165, 1.54) is 12.0 Å². The van der Waals surface area contributed by atoms with Gasteiger partial charge in [0.15, 0.2) is 0 Å². The molecule has 1 heterocycles. The highest BCUT2D eigenvalue weighted by molar-refractivity contribution is 7.80. The van der Waals surface area contributed by atoms with E-state index in [4.69, 9.17) is 21.7 Å². The summed E-state index contributed by atoms with van der Waals surface area (Å²) in [6, 6.07) is 0. The summed E-state index contributed by atoms with van der Waals surface area (Å²) >= 11 is 4.83. The largest absolute Gasteiger partial charge is 0.474 e. The van der Waals surface area contributed by atoms with Gasteiger partial charge in [0.2, 0.25) is 0 Å². The molecule has 1 rings (SSSR count). The molecule has 5 nitrogen and oxygen atoms in total. The van der Waals surface area contributed by atoms with Crippen LogP contribution in [0.15, 0.2) is 24.4 Å². The van der Waals surface area contributed by atoms with E-state index in [2.05, 4.69) is 11.9 Å². The van der Waals surface area contributed by atoms with Gasteiger partial charge < -0.3 is 14.8 Å². The summed E-state index contributed by atoms with van der Waals surface area (Å²) in [7, 11) is 1.48. The van der Waals surface area contributed by atoms with Crippen LogP contribution in [0.1, 0.15) is 6.92 Å². The molecule has 1 fully saturated rings. The molecule has 0 aromatic carbocycles. The Bertz CT molecular complexity index is 355. The number of ether oxygens (including phenoxy) is 2. The summed E-state index contributed by atoms with van der Waals surface area (Å²) in [4.78, 5) is 13.1. The number of hydrogen-bond acceptors (Lipinski definition) is 4. The molecule has 0 aromatic heterocycles. The fourth-order valence-electron chi connectivity index (χ4n) is 1.49. The Morgan fingerprint density at radius 3 is 3.06 bits per heavy atom. The predicted molar refractivity (Wildman–Crippen MR) is 68.5 cm³/mol. The predicted octanol–water partition coefficient (Wildman–Crippen LogP) is 1.42. The maximum absolute atomic E-state index is 11.6. The van der Waals surface area contributed by atoms with Crippen molar-refractivity contribution in [3.63, 3.8) is 0 Å². The van der Waals surface area contributed by atoms with Crippen LogP contribution in [-0.2, 0) is 9.47 Å². The van der Waals surface area contributed by atoms with Gasteiger partial charge in [-0.3, -0.25) is 4.90 Å². The molecule has 1 atom stereocenters. The second-order valence-electron chi connectivity index (χ2n) is 3.41. The summed E-state index contributed by atoms with van der Waals surface area (Å²) in [5.74, 6) is 0. The molecule has 0 radical (unpaired) electrons. The fraction of sp³-hybridized carbons (Fsp3) is 0.455. The number of cyclic esters (lactones) is 1. The molecule has 94 valence electrons. The van der Waals surface area contributed by atoms with Crippen molar-refractivity contribution in [1.82, 2.24) is 10.2 Å². The monoisotopic (exact) mass is 256 g/mol. The van der Waals surface area contributed by atoms with E-state index in [-0.39, 0.29) is 17.4 Å². The Kier molecular flexibility index (Phi) is 4.96. The molecular weight excluding hydrogens is 240 g/mol. The van der Waals surface area contributed by atoms with E-state index < -0.39 is 0 Å². The highest BCUT2D eigenvalue weighted by Gasteiger charge is 2.32. The van der Waals surface area contributed by atoms with Gasteiger partial charge in [-0.2, -0.15) is 0 Å². The van der Waals surface area contributed by atoms with Crippen LogP contribution in [0.25, 0.3) is 0 Å². The van der Waals surface area contributed by atoms with Crippen LogP contribution >= 0.6 is 12.2 Å². The third-order valence-electron chi connectivity index (χ3n) is 2.35. The van der Waals surface area contributed by atoms with Crippen molar-refractivity contribution >= 4 is 23.5 Å². The van der Waals surface area contributed by atoms with Gasteiger partial charge >= 0.3 is 6.09 Å². The van der Waals surface area contributed by atoms with Crippen molar-refractivity contribution in [2.45, 2.75) is 13.0 Å². The zero-order valence-corrected chi connectivity index (χ0v) is 10.8. The molecule has 0 aliphatic carbocycles. The number of carbonyl (C=O) groups is 1. The SMILES string of the molecule is C=CC(=CC)N1CC(CNC(=S)OC)OC1=O. The Labute approximate surface area is 106 Å². The Morgan fingerprint density at radius 1 is 1.82 bits per heavy atom. The Balaban J connectivity index is 2.52. The lowest BCUT2D eigenvalue weighted by Crippen LogP contribution is -2.34. The molecular formula is C11H16N2O3S. The number of allylic oxidation sites excluding steroid dienone is 2. The first kappa shape index (κ1) is 13.5. The molecule has 1 N–H and O–H groups in total. The summed E-state index contributed by atoms with van der Waals surface area (Å²) in [6.07, 6.45) is 2.82. The number of amides is 1. The number of methoxy groups -OCH3 is 1. The number of rotatable bonds is 4. The van der Waals surface area contributed by atoms with Gasteiger partial charge in [0, 0.05) is 5.70 Å². The zero-order chi connectivity index (χ0) is 12.8. The lowest BCUT2D eigenvalue weighted by atomic mass is 10.3. The van der Waals surface area contributed by atoms with Crippen LogP contribution in [0, 0.1) is 0 Å². The quantitative estimate of drug-likeness (QED) is 0.609. The maximum atomic E-state index is 11.6. The maximum Gasteiger partial charge on any atom is 0.414 e. The fourth-order valence-corrected chi connectivity index (χ4v) is 1.58. The van der Waals surface area contributed by atoms with Gasteiger partial charge in [0.1, 0.15) is 6.10 Å². The Hall–Kier alpha value is -1.56. The number of nitrogens with one attached hydrogen (secondary N) is 1. The van der Waals surface area contributed by atoms with Gasteiger partial charge in [0.05, 0.1) is 20.2 Å². The average molecular weight is 256 g/mol. The van der Waals surface area contributed by atoms with E-state index in [0.29, 0.717) is 13.1 Å². The second kappa shape index (κ2) is 6.24. The van der Waals surface area contributed by atoms with Crippen molar-refractivity contribution < 1.29 is 14.3 Å². The highest BCUT2D eigenvalue weighted by atomic mass is 32.1. The minimum absolute atomic E-state index is 0.245. The highest BCUT2D eigenvalue weighted by Crippen LogP contribution is 2.17. The van der Waals surface area contributed by atoms with Crippen LogP contribution in [0.3, 0.4) is 0 Å². The summed E-state index contributed by atoms with van der Waals surface area (Å²) in [5, 5.41) is 3.14. The third-order valence-corrected chi connectivity index (χ3v) is 2.66. The molecule has 0 saturated carbocycles. The summed E-state index contributed by atoms with van der Waals surface area (Å²) in [6.45, 7) is 6.40. The van der Waals surface area contributed by atoms with Crippen molar-refractivity contribution in [3.8, 4) is 0 Å². The van der Waals surface area contributed by atoms with E-state index in [0.717, 1.165) is 5.70 Å². The van der Waals surface area contributed by atoms with Crippen LogP contribution in [0.5, 0.6) is 0 Å². The van der Waals surface area contributed by atoms with Crippen molar-refractivity contribution in [2.75, 3.05) is 20.2 Å². The normalized spacial score (nSPS) is 19.9. The first-order chi connectivity index (χ1) is 8.12. The lowest BCUT2D eigenvalue weighted by molar-refractivity contribution is 0.135. The average Bonchev–Trinajstić information content (AvgIpc) is 2.69. The first-order valence-electron chi connectivity index (χ1n) is 5.21. The van der Waals surface area contributed by atoms with Crippen LogP contribution in [0.4, 0.5) is 4.79 Å². The molecule has 17 heavy (non-hydrogen) atoms. The van der Waals surface area contributed by atoms with Crippen LogP contribution in [-0.4, -0.2) is 42.5 Å². The molecule has 1 saturated heterocycles. The van der Waals surface area contributed by atoms with Gasteiger partial charge in [-0.05, 0) is 25.2 Å². The summed E-state index contributed by atoms with van der Waals surface area (Å²) < 4.78 is 9.97. The van der Waals surface area contributed by atoms with Crippen LogP contribution < -0.4 is 5.32 Å². The number of nitrogens with zero attached hydrogens (tertiary/aromatic N) is 1. The topological polar surface area (TPSA) is 50.8 Å². The number of carbonyl (C=O) groups excluding carboxylic acids is 1. The number of hydrogen-bond donors (Lipinski definition) is 1. The van der Waals surface area contributed by atoms with Gasteiger partial charge in [0.25, 0.3) is 5.17 Å². The molecule has 1 aliphatic rings. The third kappa shape index (κ3) is 3.45. The van der Waals surface area contributed by atoms with Gasteiger partial charge in [-0.15, -0.1) is 0 Å². The molecule has 0 aromatic rings. The minimum atomic E-state index is -0.367. The van der Waals surface area contributed by atoms with Gasteiger partial charge in [-0.1, -0.05) is 12.7 Å². The van der Waals surface area contributed by atoms with Crippen LogP contribution in [0.2, 0.25) is 0 Å². The standard InChI is InChI=1S/C11H16N2O3S/c1-4-8(5-2)13-7-9(16-11(13)14)6-12-10(17)15-3/h4-5,9H,1,6-7H2,2-3H3,(H,12,17). The van der Waals surface area contributed by atoms with E-state index in [9.17, 15) is 4.79 Å². The molecule has 1 unspecified atom stereocenters. The minimum Gasteiger partial charge on any atom is -0.474 e. The second-order valence-corrected chi connectivity index (χ2v) is 3.78. The zero-order valence-electron chi connectivity index (χ0n) is 9.93. The van der Waals surface area contributed by atoms with Crippen molar-refractivity contribution in [1.29, 1.82) is 0 Å². The molecule has 0 bridgehead atoms. The molecule has 1 amide bonds. The molecule has 6 heteroatoms. The Morgan fingerprint density at radius 2 is 2.53 bits per heavy atom. The number of thiocarbonyl (C=S) groups is 1. The van der Waals surface area contributed by atoms with E-state index in [1.54, 1.807) is 6.08 Å². The summed E-state index contributed by atoms with van der Waals surface area (Å²) in [5.41, 5.74) is 0.742. The van der Waals surface area contributed by atoms with E-state index >= 15 is 0 Å². The first-order valence-corrected chi connectivity index (χ1v) is 5.62. The van der Waals surface area contributed by atoms with Gasteiger partial charge in [-0.25, -0.2) is 4.79 Å². The molecule has 1 aliphatic heterocycles. The lowest BCUT2D eigenvalue weighted by Gasteiger charge is -2.13. The van der Waals surface area contributed by atoms with E-state index in [1.807, 2.05) is 13.0 Å². The van der Waals surface area contributed by atoms with Crippen molar-refractivity contribution in [3.05, 3.63) is 24.4 Å². The van der Waals surface area contributed by atoms with Crippen molar-refractivity contribution in [2.24, 2.45) is 0 Å². The molecule has 0 spiro atoms. The smallest absolute Gasteiger partial charge is 0.414 e.